The Morgan fingerprint density at radius 2 is 2.24 bits per heavy atom. The molecule has 17 heavy (non-hydrogen) atoms. The molecule has 2 rings (SSSR count). The normalized spacial score (nSPS) is 12.2. The number of aromatic nitrogens is 2. The van der Waals surface area contributed by atoms with Gasteiger partial charge in [-0.1, -0.05) is 19.1 Å². The van der Waals surface area contributed by atoms with Gasteiger partial charge in [0.15, 0.2) is 5.82 Å². The summed E-state index contributed by atoms with van der Waals surface area (Å²) in [5.41, 5.74) is 1.88. The molecule has 0 unspecified atom stereocenters. The van der Waals surface area contributed by atoms with Crippen LogP contribution in [0.2, 0.25) is 0 Å². The number of para-hydroxylation sites is 2. The van der Waals surface area contributed by atoms with Crippen molar-refractivity contribution >= 4 is 16.6 Å². The molecule has 0 radical (unpaired) electrons. The molecule has 0 atom stereocenters. The van der Waals surface area contributed by atoms with E-state index in [0.717, 1.165) is 17.5 Å². The van der Waals surface area contributed by atoms with Crippen molar-refractivity contribution in [1.29, 1.82) is 5.26 Å². The molecule has 0 aliphatic rings. The van der Waals surface area contributed by atoms with Crippen molar-refractivity contribution in [3.63, 3.8) is 0 Å². The molecule has 1 aromatic carbocycles. The first-order chi connectivity index (χ1) is 8.26. The first kappa shape index (κ1) is 11.2. The maximum Gasteiger partial charge on any atom is 0.152 e. The van der Waals surface area contributed by atoms with E-state index in [1.165, 1.54) is 0 Å². The lowest BCUT2D eigenvalue weighted by molar-refractivity contribution is 0.390. The van der Waals surface area contributed by atoms with E-state index in [9.17, 15) is 5.11 Å². The predicted molar refractivity (Wildman–Crippen MR) is 66.2 cm³/mol. The van der Waals surface area contributed by atoms with Crippen LogP contribution in [0.1, 0.15) is 25.6 Å². The molecule has 0 bridgehead atoms. The van der Waals surface area contributed by atoms with E-state index in [4.69, 9.17) is 5.26 Å². The van der Waals surface area contributed by atoms with Gasteiger partial charge in [0.05, 0.1) is 11.0 Å². The number of benzene rings is 1. The second kappa shape index (κ2) is 4.71. The van der Waals surface area contributed by atoms with Crippen LogP contribution in [0.5, 0.6) is 0 Å². The third kappa shape index (κ3) is 2.13. The van der Waals surface area contributed by atoms with E-state index in [0.29, 0.717) is 12.2 Å². The minimum absolute atomic E-state index is 0.0917. The Balaban J connectivity index is 2.52. The molecular formula is C13H13N3O. The van der Waals surface area contributed by atoms with Gasteiger partial charge >= 0.3 is 0 Å². The fourth-order valence-corrected chi connectivity index (χ4v) is 1.69. The van der Waals surface area contributed by atoms with Gasteiger partial charge in [-0.25, -0.2) is 4.98 Å². The van der Waals surface area contributed by atoms with Crippen molar-refractivity contribution in [2.24, 2.45) is 0 Å². The molecule has 0 spiro atoms. The van der Waals surface area contributed by atoms with Gasteiger partial charge in [0.2, 0.25) is 0 Å². The molecule has 0 amide bonds. The van der Waals surface area contributed by atoms with Crippen LogP contribution in [0, 0.1) is 11.3 Å². The lowest BCUT2D eigenvalue weighted by Crippen LogP contribution is -1.91. The Labute approximate surface area is 99.2 Å². The second-order valence-electron chi connectivity index (χ2n) is 3.79. The fraction of sp³-hybridized carbons (Fsp3) is 0.231. The Morgan fingerprint density at radius 1 is 1.47 bits per heavy atom. The Morgan fingerprint density at radius 3 is 2.88 bits per heavy atom. The number of H-pyrrole nitrogens is 1. The van der Waals surface area contributed by atoms with E-state index in [2.05, 4.69) is 9.97 Å². The molecule has 0 aliphatic carbocycles. The van der Waals surface area contributed by atoms with Crippen molar-refractivity contribution in [2.75, 3.05) is 0 Å². The quantitative estimate of drug-likeness (QED) is 0.624. The Hall–Kier alpha value is -2.28. The molecule has 86 valence electrons. The van der Waals surface area contributed by atoms with Crippen LogP contribution in [-0.2, 0) is 0 Å². The van der Waals surface area contributed by atoms with E-state index in [-0.39, 0.29) is 11.3 Å². The standard InChI is InChI=1S/C13H13N3O/c1-2-5-12(17)9(8-14)13-15-10-6-3-4-7-11(10)16-13/h3-4,6-7,17H,2,5H2,1H3,(H,15,16)/b12-9-. The molecule has 2 N–H and O–H groups in total. The number of allylic oxidation sites excluding steroid dienone is 2. The van der Waals surface area contributed by atoms with Crippen LogP contribution in [0.4, 0.5) is 0 Å². The van der Waals surface area contributed by atoms with Crippen molar-refractivity contribution in [3.8, 4) is 6.07 Å². The summed E-state index contributed by atoms with van der Waals surface area (Å²) in [6.07, 6.45) is 1.27. The molecule has 0 fully saturated rings. The Kier molecular flexibility index (Phi) is 3.10. The summed E-state index contributed by atoms with van der Waals surface area (Å²) in [5.74, 6) is 0.522. The van der Waals surface area contributed by atoms with E-state index >= 15 is 0 Å². The molecule has 4 heteroatoms. The summed E-state index contributed by atoms with van der Waals surface area (Å²) in [6, 6.07) is 9.53. The largest absolute Gasteiger partial charge is 0.511 e. The van der Waals surface area contributed by atoms with Crippen molar-refractivity contribution in [3.05, 3.63) is 35.8 Å². The number of aromatic amines is 1. The van der Waals surface area contributed by atoms with Crippen LogP contribution >= 0.6 is 0 Å². The van der Waals surface area contributed by atoms with E-state index in [1.54, 1.807) is 0 Å². The van der Waals surface area contributed by atoms with Crippen LogP contribution in [-0.4, -0.2) is 15.1 Å². The number of hydrogen-bond donors (Lipinski definition) is 2. The number of aliphatic hydroxyl groups is 1. The molecule has 4 nitrogen and oxygen atoms in total. The van der Waals surface area contributed by atoms with Crippen LogP contribution in [0.25, 0.3) is 16.6 Å². The number of hydrogen-bond acceptors (Lipinski definition) is 3. The molecular weight excluding hydrogens is 214 g/mol. The Bertz CT molecular complexity index is 571. The summed E-state index contributed by atoms with van der Waals surface area (Å²) in [7, 11) is 0. The molecule has 1 aromatic heterocycles. The first-order valence-corrected chi connectivity index (χ1v) is 5.53. The molecule has 0 aliphatic heterocycles. The highest BCUT2D eigenvalue weighted by atomic mass is 16.3. The summed E-state index contributed by atoms with van der Waals surface area (Å²) in [6.45, 7) is 1.95. The second-order valence-corrected chi connectivity index (χ2v) is 3.79. The van der Waals surface area contributed by atoms with Gasteiger partial charge in [0, 0.05) is 6.42 Å². The highest BCUT2D eigenvalue weighted by Crippen LogP contribution is 2.20. The summed E-state index contributed by atoms with van der Waals surface area (Å²) >= 11 is 0. The minimum Gasteiger partial charge on any atom is -0.511 e. The number of nitriles is 1. The SMILES string of the molecule is CCC/C(O)=C(\C#N)c1nc2ccccc2[nH]1. The lowest BCUT2D eigenvalue weighted by atomic mass is 10.1. The average molecular weight is 227 g/mol. The van der Waals surface area contributed by atoms with Gasteiger partial charge in [-0.2, -0.15) is 5.26 Å². The zero-order chi connectivity index (χ0) is 12.3. The zero-order valence-electron chi connectivity index (χ0n) is 9.57. The average Bonchev–Trinajstić information content (AvgIpc) is 2.73. The van der Waals surface area contributed by atoms with Gasteiger partial charge in [0.1, 0.15) is 17.4 Å². The predicted octanol–water partition coefficient (Wildman–Crippen LogP) is 3.16. The summed E-state index contributed by atoms with van der Waals surface area (Å²) in [5, 5.41) is 18.9. The fourth-order valence-electron chi connectivity index (χ4n) is 1.69. The number of rotatable bonds is 3. The maximum atomic E-state index is 9.78. The van der Waals surface area contributed by atoms with Crippen LogP contribution in [0.3, 0.4) is 0 Å². The van der Waals surface area contributed by atoms with Crippen molar-refractivity contribution < 1.29 is 5.11 Å². The van der Waals surface area contributed by atoms with Crippen LogP contribution in [0.15, 0.2) is 30.0 Å². The van der Waals surface area contributed by atoms with Crippen molar-refractivity contribution in [2.45, 2.75) is 19.8 Å². The highest BCUT2D eigenvalue weighted by Gasteiger charge is 2.12. The first-order valence-electron chi connectivity index (χ1n) is 5.53. The third-order valence-electron chi connectivity index (χ3n) is 2.51. The number of imidazole rings is 1. The number of aliphatic hydroxyl groups excluding tert-OH is 1. The maximum absolute atomic E-state index is 9.78. The monoisotopic (exact) mass is 227 g/mol. The van der Waals surface area contributed by atoms with Gasteiger partial charge in [-0.05, 0) is 18.6 Å². The van der Waals surface area contributed by atoms with E-state index < -0.39 is 0 Å². The highest BCUT2D eigenvalue weighted by molar-refractivity contribution is 5.82. The summed E-state index contributed by atoms with van der Waals surface area (Å²) in [4.78, 5) is 7.33. The lowest BCUT2D eigenvalue weighted by Gasteiger charge is -1.99. The van der Waals surface area contributed by atoms with Crippen molar-refractivity contribution in [1.82, 2.24) is 9.97 Å². The third-order valence-corrected chi connectivity index (χ3v) is 2.51. The van der Waals surface area contributed by atoms with Gasteiger partial charge in [0.25, 0.3) is 0 Å². The molecule has 0 saturated carbocycles. The number of nitrogens with zero attached hydrogens (tertiary/aromatic N) is 2. The van der Waals surface area contributed by atoms with Gasteiger partial charge < -0.3 is 10.1 Å². The zero-order valence-corrected chi connectivity index (χ0v) is 9.57. The molecule has 0 saturated heterocycles. The summed E-state index contributed by atoms with van der Waals surface area (Å²) < 4.78 is 0. The van der Waals surface area contributed by atoms with Crippen LogP contribution < -0.4 is 0 Å². The smallest absolute Gasteiger partial charge is 0.152 e. The topological polar surface area (TPSA) is 72.7 Å². The molecule has 1 heterocycles. The van der Waals surface area contributed by atoms with E-state index in [1.807, 2.05) is 37.3 Å². The number of fused-ring (bicyclic) bond motifs is 1. The van der Waals surface area contributed by atoms with Gasteiger partial charge in [-0.15, -0.1) is 0 Å². The number of nitrogens with one attached hydrogen (secondary N) is 1. The van der Waals surface area contributed by atoms with Gasteiger partial charge in [-0.3, -0.25) is 0 Å². The molecule has 2 aromatic rings. The minimum atomic E-state index is 0.0917.